The Bertz CT molecular complexity index is 2180. The Kier molecular flexibility index (Phi) is 23.0. The van der Waals surface area contributed by atoms with Crippen molar-refractivity contribution in [3.63, 3.8) is 0 Å². The molecule has 0 fully saturated rings. The monoisotopic (exact) mass is 1020 g/mol. The van der Waals surface area contributed by atoms with Crippen molar-refractivity contribution in [3.8, 4) is 0 Å². The quantitative estimate of drug-likeness (QED) is 0.0351. The third-order valence-corrected chi connectivity index (χ3v) is 12.0. The Morgan fingerprint density at radius 3 is 1.78 bits per heavy atom. The average Bonchev–Trinajstić information content (AvgIpc) is 3.64. The first-order valence-corrected chi connectivity index (χ1v) is 24.6. The number of anilines is 1. The molecule has 18 nitrogen and oxygen atoms in total. The predicted octanol–water partition coefficient (Wildman–Crippen LogP) is 6.08. The first kappa shape index (κ1) is 55.5. The number of hydrogen-bond donors (Lipinski definition) is 2. The first-order valence-electron chi connectivity index (χ1n) is 22.4. The van der Waals surface area contributed by atoms with Crippen LogP contribution in [-0.4, -0.2) is 133 Å². The van der Waals surface area contributed by atoms with Gasteiger partial charge in [0.2, 0.25) is 0 Å². The number of hydrogen-bond acceptors (Lipinski definition) is 15. The van der Waals surface area contributed by atoms with Gasteiger partial charge in [-0.05, 0) is 114 Å². The van der Waals surface area contributed by atoms with Crippen LogP contribution in [0.2, 0.25) is 0 Å². The standard InChI is InChI=1S/C47H66BrN3O15S/c1-35-31-37(67(56,57)58)33-38-44(35)51(66-30-28-64-26-24-62-22-20-60-18-12-10-16-43(54)55)41(47(38,4)5)14-8-6-7-13-40-46(2,3)39-32-36(48)34-50(45(39)49-40)65-29-27-63-25-23-61-21-19-59-17-11-9-15-42(52)53/h6-8,13-14,31-34H,9-12,15-30H2,1-5H3,(H2-,52,53,54,55,56,57,58). The molecule has 0 bridgehead atoms. The molecule has 0 spiro atoms. The van der Waals surface area contributed by atoms with Crippen molar-refractivity contribution in [1.29, 1.82) is 0 Å². The fourth-order valence-corrected chi connectivity index (χ4v) is 8.18. The van der Waals surface area contributed by atoms with Crippen molar-refractivity contribution in [2.75, 3.05) is 97.6 Å². The number of hydroxylamine groups is 1. The summed E-state index contributed by atoms with van der Waals surface area (Å²) in [4.78, 5) is 38.2. The molecule has 67 heavy (non-hydrogen) atoms. The molecule has 0 atom stereocenters. The molecule has 2 aromatic rings. The van der Waals surface area contributed by atoms with Gasteiger partial charge in [-0.1, -0.05) is 32.1 Å². The number of halogens is 1. The van der Waals surface area contributed by atoms with Gasteiger partial charge in [-0.15, -0.1) is 0 Å². The zero-order valence-corrected chi connectivity index (χ0v) is 41.6. The lowest BCUT2D eigenvalue weighted by molar-refractivity contribution is -0.881. The second-order valence-electron chi connectivity index (χ2n) is 16.7. The number of nitrogens with zero attached hydrogens (tertiary/aromatic N) is 3. The maximum atomic E-state index is 12.1. The van der Waals surface area contributed by atoms with Crippen LogP contribution in [-0.2, 0) is 63.8 Å². The molecule has 372 valence electrons. The van der Waals surface area contributed by atoms with Crippen LogP contribution in [0.4, 0.5) is 11.5 Å². The minimum Gasteiger partial charge on any atom is -0.744 e. The SMILES string of the molecule is Cc1cc(S(=O)(=O)[O-])cc2c1N(OCCOCCOCCOCCCCC(=O)O)/C(=C/C=C/C=C/C1=Nc3c(cc(Br)c[n+]3OCCOCCOCCOCCCCC(=O)O)C1(C)C)C2(C)C. The number of carbonyl (C=O) groups is 2. The molecule has 0 radical (unpaired) electrons. The van der Waals surface area contributed by atoms with E-state index in [0.29, 0.717) is 121 Å². The topological polar surface area (TPSA) is 225 Å². The van der Waals surface area contributed by atoms with Gasteiger partial charge in [0.1, 0.15) is 10.1 Å². The highest BCUT2D eigenvalue weighted by molar-refractivity contribution is 9.10. The van der Waals surface area contributed by atoms with Crippen molar-refractivity contribution in [2.24, 2.45) is 4.99 Å². The average molecular weight is 1030 g/mol. The second-order valence-corrected chi connectivity index (χ2v) is 19.0. The summed E-state index contributed by atoms with van der Waals surface area (Å²) in [5.74, 6) is -0.945. The number of carboxylic acid groups (broad SMARTS) is 2. The number of rotatable bonds is 34. The molecule has 4 rings (SSSR count). The summed E-state index contributed by atoms with van der Waals surface area (Å²) >= 11 is 3.61. The molecule has 2 N–H and O–H groups in total. The van der Waals surface area contributed by atoms with Gasteiger partial charge >= 0.3 is 17.8 Å². The number of aromatic nitrogens is 1. The van der Waals surface area contributed by atoms with Crippen molar-refractivity contribution in [2.45, 2.75) is 88.9 Å². The smallest absolute Gasteiger partial charge is 0.366 e. The van der Waals surface area contributed by atoms with Gasteiger partial charge in [-0.3, -0.25) is 14.4 Å². The van der Waals surface area contributed by atoms with Gasteiger partial charge in [0.15, 0.2) is 18.5 Å². The number of aliphatic carboxylic acids is 2. The Hall–Kier alpha value is -4.09. The van der Waals surface area contributed by atoms with E-state index >= 15 is 0 Å². The fourth-order valence-electron chi connectivity index (χ4n) is 7.18. The van der Waals surface area contributed by atoms with Crippen molar-refractivity contribution >= 4 is 55.2 Å². The van der Waals surface area contributed by atoms with Crippen LogP contribution in [0.1, 0.15) is 82.9 Å². The largest absolute Gasteiger partial charge is 0.744 e. The summed E-state index contributed by atoms with van der Waals surface area (Å²) in [5, 5.41) is 19.1. The van der Waals surface area contributed by atoms with Crippen LogP contribution in [0.15, 0.2) is 74.8 Å². The van der Waals surface area contributed by atoms with Gasteiger partial charge in [-0.25, -0.2) is 13.5 Å². The predicted molar refractivity (Wildman–Crippen MR) is 251 cm³/mol. The number of benzene rings is 1. The van der Waals surface area contributed by atoms with Gasteiger partial charge < -0.3 is 48.0 Å². The maximum absolute atomic E-state index is 12.1. The maximum Gasteiger partial charge on any atom is 0.366 e. The minimum absolute atomic E-state index is 0.130. The molecule has 0 amide bonds. The van der Waals surface area contributed by atoms with Gasteiger partial charge in [-0.2, -0.15) is 0 Å². The normalized spacial score (nSPS) is 15.8. The molecular weight excluding hydrogens is 958 g/mol. The van der Waals surface area contributed by atoms with E-state index in [4.69, 9.17) is 53.3 Å². The van der Waals surface area contributed by atoms with E-state index in [1.807, 2.05) is 56.5 Å². The minimum atomic E-state index is -4.72. The molecule has 1 aromatic carbocycles. The van der Waals surface area contributed by atoms with Gasteiger partial charge in [0.05, 0.1) is 104 Å². The van der Waals surface area contributed by atoms with Gasteiger partial charge in [0.25, 0.3) is 0 Å². The molecular formula is C47H66BrN3O15S. The van der Waals surface area contributed by atoms with Crippen LogP contribution in [0.3, 0.4) is 0 Å². The van der Waals surface area contributed by atoms with Crippen LogP contribution in [0.25, 0.3) is 0 Å². The molecule has 0 saturated carbocycles. The third kappa shape index (κ3) is 17.7. The highest BCUT2D eigenvalue weighted by Crippen LogP contribution is 2.50. The summed E-state index contributed by atoms with van der Waals surface area (Å²) in [6.07, 6.45) is 14.1. The Labute approximate surface area is 402 Å². The number of ether oxygens (including phenoxy) is 6. The number of aryl methyl sites for hydroxylation is 1. The van der Waals surface area contributed by atoms with E-state index in [9.17, 15) is 22.6 Å². The van der Waals surface area contributed by atoms with E-state index < -0.39 is 32.9 Å². The Morgan fingerprint density at radius 2 is 1.24 bits per heavy atom. The van der Waals surface area contributed by atoms with E-state index in [2.05, 4.69) is 29.8 Å². The third-order valence-electron chi connectivity index (χ3n) is 10.8. The second kappa shape index (κ2) is 27.8. The molecule has 2 aliphatic rings. The lowest BCUT2D eigenvalue weighted by Gasteiger charge is -2.26. The van der Waals surface area contributed by atoms with Crippen molar-refractivity contribution in [3.05, 3.63) is 81.6 Å². The summed E-state index contributed by atoms with van der Waals surface area (Å²) in [6, 6.07) is 4.81. The summed E-state index contributed by atoms with van der Waals surface area (Å²) in [7, 11) is -4.72. The fraction of sp³-hybridized carbons (Fsp3) is 0.574. The summed E-state index contributed by atoms with van der Waals surface area (Å²) in [5.41, 5.74) is 3.18. The molecule has 1 aromatic heterocycles. The van der Waals surface area contributed by atoms with Crippen molar-refractivity contribution in [1.82, 2.24) is 0 Å². The van der Waals surface area contributed by atoms with Gasteiger partial charge in [0, 0.05) is 31.5 Å². The zero-order chi connectivity index (χ0) is 48.9. The number of fused-ring (bicyclic) bond motifs is 2. The van der Waals surface area contributed by atoms with Crippen LogP contribution < -0.4 is 14.6 Å². The van der Waals surface area contributed by atoms with E-state index in [1.54, 1.807) is 16.7 Å². The van der Waals surface area contributed by atoms with Crippen LogP contribution >= 0.6 is 15.9 Å². The Morgan fingerprint density at radius 1 is 0.716 bits per heavy atom. The molecule has 2 aliphatic heterocycles. The number of aliphatic imine (C=N–C) groups is 1. The van der Waals surface area contributed by atoms with E-state index in [1.165, 1.54) is 12.1 Å². The first-order chi connectivity index (χ1) is 31.9. The summed E-state index contributed by atoms with van der Waals surface area (Å²) in [6.45, 7) is 15.0. The number of carboxylic acids is 2. The van der Waals surface area contributed by atoms with Crippen LogP contribution in [0.5, 0.6) is 0 Å². The van der Waals surface area contributed by atoms with E-state index in [-0.39, 0.29) is 37.6 Å². The van der Waals surface area contributed by atoms with Crippen LogP contribution in [0, 0.1) is 6.92 Å². The molecule has 0 aliphatic carbocycles. The molecule has 0 unspecified atom stereocenters. The Balaban J connectivity index is 1.31. The lowest BCUT2D eigenvalue weighted by Crippen LogP contribution is -2.44. The molecule has 3 heterocycles. The molecule has 20 heteroatoms. The summed E-state index contributed by atoms with van der Waals surface area (Å²) < 4.78 is 72.3. The van der Waals surface area contributed by atoms with Crippen molar-refractivity contribution < 1.29 is 75.6 Å². The lowest BCUT2D eigenvalue weighted by atomic mass is 9.82. The number of allylic oxidation sites excluding steroid dienone is 6. The number of pyridine rings is 1. The zero-order valence-electron chi connectivity index (χ0n) is 39.2. The highest BCUT2D eigenvalue weighted by Gasteiger charge is 2.44. The van der Waals surface area contributed by atoms with E-state index in [0.717, 1.165) is 21.4 Å². The molecule has 0 saturated heterocycles. The number of unbranched alkanes of at least 4 members (excludes halogenated alkanes) is 2. The highest BCUT2D eigenvalue weighted by atomic mass is 79.9.